The average Bonchev–Trinajstić information content (AvgIpc) is 3.26. The number of carbonyl (C=O) groups is 1. The average molecular weight is 471 g/mol. The molecule has 0 unspecified atom stereocenters. The molecule has 1 atom stereocenters. The number of aliphatic hydroxyl groups excluding tert-OH is 1. The highest BCUT2D eigenvalue weighted by Crippen LogP contribution is 2.36. The van der Waals surface area contributed by atoms with E-state index in [1.54, 1.807) is 24.4 Å². The number of hydrogen-bond donors (Lipinski definition) is 2. The maximum absolute atomic E-state index is 13.6. The summed E-state index contributed by atoms with van der Waals surface area (Å²) in [5.74, 6) is -3.58. The Balaban J connectivity index is 1.54. The number of carbonyl (C=O) groups excluding carboxylic acids is 1. The van der Waals surface area contributed by atoms with Crippen molar-refractivity contribution < 1.29 is 27.8 Å². The second-order valence-corrected chi connectivity index (χ2v) is 8.10. The van der Waals surface area contributed by atoms with Crippen LogP contribution in [-0.2, 0) is 17.6 Å². The molecule has 2 N–H and O–H groups in total. The predicted molar refractivity (Wildman–Crippen MR) is 121 cm³/mol. The summed E-state index contributed by atoms with van der Waals surface area (Å²) in [5, 5.41) is 12.5. The van der Waals surface area contributed by atoms with E-state index in [2.05, 4.69) is 10.3 Å². The van der Waals surface area contributed by atoms with E-state index in [1.165, 1.54) is 7.11 Å². The summed E-state index contributed by atoms with van der Waals surface area (Å²) in [7, 11) is 1.48. The molecule has 0 fully saturated rings. The van der Waals surface area contributed by atoms with Crippen LogP contribution in [0.25, 0.3) is 0 Å². The summed E-state index contributed by atoms with van der Waals surface area (Å²) < 4.78 is 45.3. The van der Waals surface area contributed by atoms with Crippen molar-refractivity contribution in [1.29, 1.82) is 0 Å². The van der Waals surface area contributed by atoms with Crippen molar-refractivity contribution in [1.82, 2.24) is 10.3 Å². The molecule has 0 aliphatic carbocycles. The van der Waals surface area contributed by atoms with Gasteiger partial charge in [0.15, 0.2) is 17.5 Å². The summed E-state index contributed by atoms with van der Waals surface area (Å²) in [5.41, 5.74) is 3.30. The highest BCUT2D eigenvalue weighted by Gasteiger charge is 2.26. The van der Waals surface area contributed by atoms with Crippen LogP contribution in [0.1, 0.15) is 27.0 Å². The predicted octanol–water partition coefficient (Wildman–Crippen LogP) is 3.52. The van der Waals surface area contributed by atoms with Crippen LogP contribution in [0.15, 0.2) is 48.7 Å². The van der Waals surface area contributed by atoms with Crippen LogP contribution in [-0.4, -0.2) is 48.9 Å². The number of rotatable bonds is 8. The van der Waals surface area contributed by atoms with Gasteiger partial charge in [-0.15, -0.1) is 0 Å². The third-order valence-corrected chi connectivity index (χ3v) is 5.67. The van der Waals surface area contributed by atoms with Crippen molar-refractivity contribution in [2.45, 2.75) is 18.9 Å². The van der Waals surface area contributed by atoms with Crippen molar-refractivity contribution in [2.75, 3.05) is 31.7 Å². The fourth-order valence-corrected chi connectivity index (χ4v) is 4.11. The third-order valence-electron chi connectivity index (χ3n) is 5.67. The molecule has 2 heterocycles. The Kier molecular flexibility index (Phi) is 7.14. The normalized spacial score (nSPS) is 13.6. The summed E-state index contributed by atoms with van der Waals surface area (Å²) >= 11 is 0. The number of halogens is 3. The van der Waals surface area contributed by atoms with Gasteiger partial charge in [0, 0.05) is 37.6 Å². The number of benzene rings is 2. The Labute approximate surface area is 195 Å². The number of pyridine rings is 1. The second kappa shape index (κ2) is 10.2. The number of fused-ring (bicyclic) bond motifs is 1. The van der Waals surface area contributed by atoms with E-state index in [9.17, 15) is 23.1 Å². The topological polar surface area (TPSA) is 74.7 Å². The van der Waals surface area contributed by atoms with Crippen molar-refractivity contribution >= 4 is 17.4 Å². The van der Waals surface area contributed by atoms with E-state index in [0.717, 1.165) is 28.9 Å². The van der Waals surface area contributed by atoms with Gasteiger partial charge in [-0.1, -0.05) is 6.07 Å². The van der Waals surface area contributed by atoms with Crippen LogP contribution in [0, 0.1) is 17.5 Å². The first-order chi connectivity index (χ1) is 16.4. The molecule has 0 saturated carbocycles. The maximum Gasteiger partial charge on any atom is 0.251 e. The standard InChI is InChI=1S/C25H24F3N3O3/c1-34-14-17(32)13-30-25(33)19-3-2-4-22-18(19)6-8-31(22)23-12-15(5-7-29-23)9-16-10-20(26)24(28)21(27)11-16/h2-5,7,10-12,17,32H,6,8-9,13-14H2,1H3,(H,30,33)/t17-/m1/s1. The fourth-order valence-electron chi connectivity index (χ4n) is 4.11. The molecule has 0 spiro atoms. The summed E-state index contributed by atoms with van der Waals surface area (Å²) in [6.07, 6.45) is 1.64. The number of ether oxygens (including phenoxy) is 1. The van der Waals surface area contributed by atoms with Gasteiger partial charge >= 0.3 is 0 Å². The molecular formula is C25H24F3N3O3. The maximum atomic E-state index is 13.6. The van der Waals surface area contributed by atoms with Gasteiger partial charge in [0.2, 0.25) is 0 Å². The molecule has 4 rings (SSSR count). The molecule has 6 nitrogen and oxygen atoms in total. The van der Waals surface area contributed by atoms with Gasteiger partial charge in [0.05, 0.1) is 12.7 Å². The fraction of sp³-hybridized carbons (Fsp3) is 0.280. The number of nitrogens with zero attached hydrogens (tertiary/aromatic N) is 2. The van der Waals surface area contributed by atoms with Crippen LogP contribution >= 0.6 is 0 Å². The van der Waals surface area contributed by atoms with Gasteiger partial charge in [-0.05, 0) is 65.9 Å². The summed E-state index contributed by atoms with van der Waals surface area (Å²) in [6.45, 7) is 0.802. The van der Waals surface area contributed by atoms with Gasteiger partial charge in [-0.2, -0.15) is 0 Å². The number of amides is 1. The zero-order valence-corrected chi connectivity index (χ0v) is 18.5. The number of aliphatic hydroxyl groups is 1. The highest BCUT2D eigenvalue weighted by molar-refractivity contribution is 5.98. The molecule has 9 heteroatoms. The van der Waals surface area contributed by atoms with Crippen molar-refractivity contribution in [3.8, 4) is 0 Å². The lowest BCUT2D eigenvalue weighted by atomic mass is 10.0. The van der Waals surface area contributed by atoms with Gasteiger partial charge in [0.25, 0.3) is 5.91 Å². The molecule has 34 heavy (non-hydrogen) atoms. The molecule has 0 bridgehead atoms. The van der Waals surface area contributed by atoms with Gasteiger partial charge in [-0.25, -0.2) is 18.2 Å². The largest absolute Gasteiger partial charge is 0.389 e. The second-order valence-electron chi connectivity index (χ2n) is 8.10. The zero-order chi connectivity index (χ0) is 24.2. The quantitative estimate of drug-likeness (QED) is 0.492. The van der Waals surface area contributed by atoms with E-state index in [4.69, 9.17) is 4.74 Å². The Hall–Kier alpha value is -3.43. The highest BCUT2D eigenvalue weighted by atomic mass is 19.2. The van der Waals surface area contributed by atoms with Crippen LogP contribution < -0.4 is 10.2 Å². The van der Waals surface area contributed by atoms with E-state index >= 15 is 0 Å². The van der Waals surface area contributed by atoms with Crippen LogP contribution in [0.3, 0.4) is 0 Å². The Bertz CT molecular complexity index is 1180. The molecule has 0 saturated heterocycles. The lowest BCUT2D eigenvalue weighted by molar-refractivity contribution is 0.0609. The van der Waals surface area contributed by atoms with Gasteiger partial charge < -0.3 is 20.1 Å². The van der Waals surface area contributed by atoms with E-state index < -0.39 is 23.6 Å². The molecule has 2 aromatic carbocycles. The lowest BCUT2D eigenvalue weighted by Gasteiger charge is -2.19. The smallest absolute Gasteiger partial charge is 0.251 e. The SMILES string of the molecule is COC[C@H](O)CNC(=O)c1cccc2c1CCN2c1cc(Cc2cc(F)c(F)c(F)c2)ccn1. The summed E-state index contributed by atoms with van der Waals surface area (Å²) in [6, 6.07) is 10.9. The number of anilines is 2. The first-order valence-corrected chi connectivity index (χ1v) is 10.8. The Morgan fingerprint density at radius 3 is 2.68 bits per heavy atom. The zero-order valence-electron chi connectivity index (χ0n) is 18.5. The number of nitrogens with one attached hydrogen (secondary N) is 1. The monoisotopic (exact) mass is 471 g/mol. The molecule has 178 valence electrons. The van der Waals surface area contributed by atoms with Crippen LogP contribution in [0.2, 0.25) is 0 Å². The summed E-state index contributed by atoms with van der Waals surface area (Å²) in [4.78, 5) is 19.1. The molecule has 0 radical (unpaired) electrons. The minimum Gasteiger partial charge on any atom is -0.389 e. The van der Waals surface area contributed by atoms with E-state index in [1.807, 2.05) is 17.0 Å². The third kappa shape index (κ3) is 5.05. The minimum absolute atomic E-state index is 0.0776. The minimum atomic E-state index is -1.49. The van der Waals surface area contributed by atoms with Gasteiger partial charge in [-0.3, -0.25) is 4.79 Å². The molecule has 3 aromatic rings. The van der Waals surface area contributed by atoms with Crippen molar-refractivity contribution in [3.05, 3.63) is 88.4 Å². The molecule has 1 aliphatic rings. The Morgan fingerprint density at radius 1 is 1.18 bits per heavy atom. The molecule has 1 aliphatic heterocycles. The Morgan fingerprint density at radius 2 is 1.94 bits per heavy atom. The van der Waals surface area contributed by atoms with Crippen LogP contribution in [0.5, 0.6) is 0 Å². The number of aromatic nitrogens is 1. The molecular weight excluding hydrogens is 447 g/mol. The first-order valence-electron chi connectivity index (χ1n) is 10.8. The van der Waals surface area contributed by atoms with Crippen LogP contribution in [0.4, 0.5) is 24.7 Å². The first kappa shape index (κ1) is 23.7. The molecule has 1 amide bonds. The number of methoxy groups -OCH3 is 1. The number of hydrogen-bond acceptors (Lipinski definition) is 5. The lowest BCUT2D eigenvalue weighted by Crippen LogP contribution is -2.34. The van der Waals surface area contributed by atoms with E-state index in [0.29, 0.717) is 29.9 Å². The molecule has 1 aromatic heterocycles. The van der Waals surface area contributed by atoms with Crippen molar-refractivity contribution in [3.63, 3.8) is 0 Å². The van der Waals surface area contributed by atoms with Gasteiger partial charge in [0.1, 0.15) is 5.82 Å². The van der Waals surface area contributed by atoms with E-state index in [-0.39, 0.29) is 25.5 Å². The van der Waals surface area contributed by atoms with Crippen molar-refractivity contribution in [2.24, 2.45) is 0 Å².